The molecule has 3 rings (SSSR count). The number of carbonyl (C=O) groups excluding carboxylic acids is 1. The van der Waals surface area contributed by atoms with Crippen LogP contribution < -0.4 is 5.73 Å². The number of aromatic amines is 1. The van der Waals surface area contributed by atoms with Crippen LogP contribution in [-0.4, -0.2) is 22.8 Å². The SMILES string of the molecule is Nc1ccc2[nH]nc(C(=O)OCC3CC3)c2c1. The Bertz CT molecular complexity index is 572. The first kappa shape index (κ1) is 10.1. The molecule has 0 atom stereocenters. The van der Waals surface area contributed by atoms with Crippen LogP contribution in [0.25, 0.3) is 10.9 Å². The number of anilines is 1. The highest BCUT2D eigenvalue weighted by atomic mass is 16.5. The van der Waals surface area contributed by atoms with Gasteiger partial charge < -0.3 is 10.5 Å². The summed E-state index contributed by atoms with van der Waals surface area (Å²) in [5.74, 6) is 0.169. The van der Waals surface area contributed by atoms with Gasteiger partial charge in [-0.2, -0.15) is 5.10 Å². The number of nitrogens with one attached hydrogen (secondary N) is 1. The van der Waals surface area contributed by atoms with Crippen LogP contribution in [0.4, 0.5) is 5.69 Å². The molecule has 0 bridgehead atoms. The summed E-state index contributed by atoms with van der Waals surface area (Å²) in [6, 6.07) is 5.29. The van der Waals surface area contributed by atoms with E-state index >= 15 is 0 Å². The highest BCUT2D eigenvalue weighted by molar-refractivity contribution is 6.02. The largest absolute Gasteiger partial charge is 0.461 e. The number of benzene rings is 1. The number of nitrogen functional groups attached to an aromatic ring is 1. The first-order valence-electron chi connectivity index (χ1n) is 5.65. The van der Waals surface area contributed by atoms with Crippen LogP contribution in [0.1, 0.15) is 23.3 Å². The number of rotatable bonds is 3. The standard InChI is InChI=1S/C12H13N3O2/c13-8-3-4-10-9(5-8)11(15-14-10)12(16)17-6-7-1-2-7/h3-5,7H,1-2,6,13H2,(H,14,15). The smallest absolute Gasteiger partial charge is 0.359 e. The van der Waals surface area contributed by atoms with Crippen LogP contribution in [0, 0.1) is 5.92 Å². The Hall–Kier alpha value is -2.04. The molecule has 0 unspecified atom stereocenters. The fraction of sp³-hybridized carbons (Fsp3) is 0.333. The van der Waals surface area contributed by atoms with Crippen LogP contribution in [0.2, 0.25) is 0 Å². The van der Waals surface area contributed by atoms with Gasteiger partial charge in [-0.15, -0.1) is 0 Å². The lowest BCUT2D eigenvalue weighted by molar-refractivity contribution is 0.0481. The number of hydrogen-bond acceptors (Lipinski definition) is 4. The van der Waals surface area contributed by atoms with Gasteiger partial charge >= 0.3 is 5.97 Å². The van der Waals surface area contributed by atoms with E-state index in [1.54, 1.807) is 18.2 Å². The van der Waals surface area contributed by atoms with Crippen molar-refractivity contribution in [3.8, 4) is 0 Å². The highest BCUT2D eigenvalue weighted by Crippen LogP contribution is 2.29. The zero-order valence-corrected chi connectivity index (χ0v) is 9.27. The minimum atomic E-state index is -0.381. The molecule has 17 heavy (non-hydrogen) atoms. The second-order valence-corrected chi connectivity index (χ2v) is 4.42. The van der Waals surface area contributed by atoms with Gasteiger partial charge in [0.05, 0.1) is 12.1 Å². The second kappa shape index (κ2) is 3.76. The van der Waals surface area contributed by atoms with E-state index in [0.717, 1.165) is 18.4 Å². The van der Waals surface area contributed by atoms with Gasteiger partial charge in [-0.3, -0.25) is 5.10 Å². The van der Waals surface area contributed by atoms with Crippen molar-refractivity contribution in [2.75, 3.05) is 12.3 Å². The third kappa shape index (κ3) is 1.95. The summed E-state index contributed by atoms with van der Waals surface area (Å²) in [6.45, 7) is 0.496. The van der Waals surface area contributed by atoms with E-state index in [4.69, 9.17) is 10.5 Å². The first-order valence-corrected chi connectivity index (χ1v) is 5.65. The Morgan fingerprint density at radius 2 is 2.35 bits per heavy atom. The van der Waals surface area contributed by atoms with Crippen LogP contribution in [-0.2, 0) is 4.74 Å². The van der Waals surface area contributed by atoms with E-state index < -0.39 is 0 Å². The van der Waals surface area contributed by atoms with E-state index in [2.05, 4.69) is 10.2 Å². The molecule has 1 aliphatic rings. The summed E-state index contributed by atoms with van der Waals surface area (Å²) in [7, 11) is 0. The van der Waals surface area contributed by atoms with E-state index in [9.17, 15) is 4.79 Å². The van der Waals surface area contributed by atoms with Crippen LogP contribution in [0.15, 0.2) is 18.2 Å². The van der Waals surface area contributed by atoms with Crippen molar-refractivity contribution in [3.63, 3.8) is 0 Å². The van der Waals surface area contributed by atoms with Crippen LogP contribution in [0.3, 0.4) is 0 Å². The van der Waals surface area contributed by atoms with Gasteiger partial charge in [-0.1, -0.05) is 0 Å². The monoisotopic (exact) mass is 231 g/mol. The number of H-pyrrole nitrogens is 1. The van der Waals surface area contributed by atoms with E-state index in [-0.39, 0.29) is 5.97 Å². The molecule has 1 saturated carbocycles. The second-order valence-electron chi connectivity index (χ2n) is 4.42. The number of ether oxygens (including phenoxy) is 1. The maximum absolute atomic E-state index is 11.8. The summed E-state index contributed by atoms with van der Waals surface area (Å²) in [5.41, 5.74) is 7.40. The Morgan fingerprint density at radius 1 is 1.53 bits per heavy atom. The van der Waals surface area contributed by atoms with Crippen LogP contribution >= 0.6 is 0 Å². The zero-order valence-electron chi connectivity index (χ0n) is 9.27. The lowest BCUT2D eigenvalue weighted by Gasteiger charge is -2.01. The molecule has 0 amide bonds. The molecule has 3 N–H and O–H groups in total. The molecule has 5 nitrogen and oxygen atoms in total. The van der Waals surface area contributed by atoms with Gasteiger partial charge in [-0.25, -0.2) is 4.79 Å². The van der Waals surface area contributed by atoms with Crippen molar-refractivity contribution >= 4 is 22.6 Å². The van der Waals surface area contributed by atoms with Gasteiger partial charge in [0, 0.05) is 11.1 Å². The zero-order chi connectivity index (χ0) is 11.8. The molecule has 0 spiro atoms. The summed E-state index contributed by atoms with van der Waals surface area (Å²) in [6.07, 6.45) is 2.31. The summed E-state index contributed by atoms with van der Waals surface area (Å²) in [5, 5.41) is 7.49. The first-order chi connectivity index (χ1) is 8.24. The molecular weight excluding hydrogens is 218 g/mol. The fourth-order valence-corrected chi connectivity index (χ4v) is 1.73. The molecule has 1 heterocycles. The molecule has 0 aliphatic heterocycles. The average Bonchev–Trinajstić information content (AvgIpc) is 3.05. The predicted molar refractivity (Wildman–Crippen MR) is 63.5 cm³/mol. The maximum atomic E-state index is 11.8. The van der Waals surface area contributed by atoms with Crippen molar-refractivity contribution in [2.24, 2.45) is 5.92 Å². The predicted octanol–water partition coefficient (Wildman–Crippen LogP) is 1.71. The van der Waals surface area contributed by atoms with Crippen molar-refractivity contribution in [2.45, 2.75) is 12.8 Å². The third-order valence-corrected chi connectivity index (χ3v) is 2.93. The minimum Gasteiger partial charge on any atom is -0.461 e. The Labute approximate surface area is 97.9 Å². The van der Waals surface area contributed by atoms with Gasteiger partial charge in [-0.05, 0) is 37.0 Å². The number of esters is 1. The number of carbonyl (C=O) groups is 1. The average molecular weight is 231 g/mol. The Kier molecular flexibility index (Phi) is 2.24. The molecule has 1 fully saturated rings. The number of nitrogens with two attached hydrogens (primary N) is 1. The van der Waals surface area contributed by atoms with Gasteiger partial charge in [0.15, 0.2) is 5.69 Å². The van der Waals surface area contributed by atoms with Gasteiger partial charge in [0.25, 0.3) is 0 Å². The molecule has 2 aromatic rings. The Balaban J connectivity index is 1.87. The van der Waals surface area contributed by atoms with Crippen molar-refractivity contribution in [1.82, 2.24) is 10.2 Å². The molecule has 0 saturated heterocycles. The lowest BCUT2D eigenvalue weighted by atomic mass is 10.2. The quantitative estimate of drug-likeness (QED) is 0.622. The van der Waals surface area contributed by atoms with Gasteiger partial charge in [0.2, 0.25) is 0 Å². The number of fused-ring (bicyclic) bond motifs is 1. The van der Waals surface area contributed by atoms with Crippen molar-refractivity contribution in [3.05, 3.63) is 23.9 Å². The minimum absolute atomic E-state index is 0.313. The fourth-order valence-electron chi connectivity index (χ4n) is 1.73. The summed E-state index contributed by atoms with van der Waals surface area (Å²) >= 11 is 0. The number of aromatic nitrogens is 2. The maximum Gasteiger partial charge on any atom is 0.359 e. The normalized spacial score (nSPS) is 15.1. The van der Waals surface area contributed by atoms with Gasteiger partial charge in [0.1, 0.15) is 0 Å². The number of nitrogens with zero attached hydrogens (tertiary/aromatic N) is 1. The summed E-state index contributed by atoms with van der Waals surface area (Å²) in [4.78, 5) is 11.8. The third-order valence-electron chi connectivity index (χ3n) is 2.93. The summed E-state index contributed by atoms with van der Waals surface area (Å²) < 4.78 is 5.20. The van der Waals surface area contributed by atoms with E-state index in [1.165, 1.54) is 0 Å². The van der Waals surface area contributed by atoms with Crippen molar-refractivity contribution in [1.29, 1.82) is 0 Å². The van der Waals surface area contributed by atoms with Crippen molar-refractivity contribution < 1.29 is 9.53 Å². The van der Waals surface area contributed by atoms with E-state index in [1.807, 2.05) is 0 Å². The highest BCUT2D eigenvalue weighted by Gasteiger charge is 2.24. The topological polar surface area (TPSA) is 81.0 Å². The molecule has 88 valence electrons. The molecule has 1 aromatic carbocycles. The molecule has 5 heteroatoms. The Morgan fingerprint density at radius 3 is 3.12 bits per heavy atom. The van der Waals surface area contributed by atoms with Crippen LogP contribution in [0.5, 0.6) is 0 Å². The molecule has 0 radical (unpaired) electrons. The van der Waals surface area contributed by atoms with E-state index in [0.29, 0.717) is 29.3 Å². The lowest BCUT2D eigenvalue weighted by Crippen LogP contribution is -2.08. The molecule has 1 aliphatic carbocycles. The molecular formula is C12H13N3O2. The number of hydrogen-bond donors (Lipinski definition) is 2. The molecule has 1 aromatic heterocycles.